The number of esters is 1. The lowest BCUT2D eigenvalue weighted by atomic mass is 10.1. The summed E-state index contributed by atoms with van der Waals surface area (Å²) in [6, 6.07) is 26.1. The van der Waals surface area contributed by atoms with Crippen LogP contribution in [0.4, 0.5) is 5.69 Å². The first kappa shape index (κ1) is 23.8. The normalized spacial score (nSPS) is 11.5. The van der Waals surface area contributed by atoms with Gasteiger partial charge in [0.25, 0.3) is 5.91 Å². The van der Waals surface area contributed by atoms with E-state index in [1.807, 2.05) is 67.6 Å². The van der Waals surface area contributed by atoms with E-state index >= 15 is 0 Å². The van der Waals surface area contributed by atoms with Gasteiger partial charge in [-0.2, -0.15) is 5.10 Å². The maximum absolute atomic E-state index is 12.7. The quantitative estimate of drug-likeness (QED) is 0.348. The molecule has 1 amide bonds. The van der Waals surface area contributed by atoms with Gasteiger partial charge in [0.15, 0.2) is 11.8 Å². The molecule has 0 fully saturated rings. The Balaban J connectivity index is 1.62. The van der Waals surface area contributed by atoms with Crippen molar-refractivity contribution in [3.05, 3.63) is 96.2 Å². The molecule has 35 heavy (non-hydrogen) atoms. The first-order valence-corrected chi connectivity index (χ1v) is 11.4. The molecule has 1 atom stereocenters. The molecule has 0 aliphatic rings. The number of hydrogen-bond donors (Lipinski definition) is 1. The highest BCUT2D eigenvalue weighted by molar-refractivity contribution is 5.95. The monoisotopic (exact) mass is 469 g/mol. The van der Waals surface area contributed by atoms with Crippen molar-refractivity contribution in [3.8, 4) is 22.7 Å². The molecule has 7 nitrogen and oxygen atoms in total. The predicted molar refractivity (Wildman–Crippen MR) is 135 cm³/mol. The van der Waals surface area contributed by atoms with Crippen molar-refractivity contribution in [2.75, 3.05) is 11.9 Å². The minimum Gasteiger partial charge on any atom is -0.481 e. The number of carbonyl (C=O) groups is 2. The van der Waals surface area contributed by atoms with Gasteiger partial charge in [-0.1, -0.05) is 42.5 Å². The van der Waals surface area contributed by atoms with E-state index in [2.05, 4.69) is 10.4 Å². The third-order valence-electron chi connectivity index (χ3n) is 5.29. The van der Waals surface area contributed by atoms with Crippen LogP contribution in [0.1, 0.15) is 29.9 Å². The van der Waals surface area contributed by atoms with E-state index in [1.165, 1.54) is 0 Å². The molecule has 0 saturated carbocycles. The molecule has 3 aromatic carbocycles. The van der Waals surface area contributed by atoms with Crippen LogP contribution >= 0.6 is 0 Å². The number of aromatic nitrogens is 2. The zero-order chi connectivity index (χ0) is 24.8. The number of para-hydroxylation sites is 1. The standard InChI is InChI=1S/C28H27N3O4/c1-4-34-28(33)25-18-26(31(30-25)23-13-8-10-19(2)16-23)21-11-9-12-22(17-21)29-27(32)20(3)35-24-14-6-5-7-15-24/h5-18,20H,4H2,1-3H3,(H,29,32)/t20-/m0/s1. The Kier molecular flexibility index (Phi) is 7.26. The van der Waals surface area contributed by atoms with Crippen LogP contribution in [-0.2, 0) is 9.53 Å². The highest BCUT2D eigenvalue weighted by atomic mass is 16.5. The summed E-state index contributed by atoms with van der Waals surface area (Å²) in [5.41, 5.74) is 4.17. The van der Waals surface area contributed by atoms with Gasteiger partial charge in [-0.05, 0) is 68.8 Å². The molecule has 0 radical (unpaired) electrons. The first-order valence-electron chi connectivity index (χ1n) is 11.4. The number of aryl methyl sites for hydroxylation is 1. The number of nitrogens with zero attached hydrogens (tertiary/aromatic N) is 2. The van der Waals surface area contributed by atoms with Crippen molar-refractivity contribution in [2.24, 2.45) is 0 Å². The van der Waals surface area contributed by atoms with Gasteiger partial charge in [0.2, 0.25) is 0 Å². The summed E-state index contributed by atoms with van der Waals surface area (Å²) < 4.78 is 12.6. The van der Waals surface area contributed by atoms with Crippen molar-refractivity contribution in [3.63, 3.8) is 0 Å². The van der Waals surface area contributed by atoms with Gasteiger partial charge in [0.05, 0.1) is 18.0 Å². The number of hydrogen-bond acceptors (Lipinski definition) is 5. The van der Waals surface area contributed by atoms with Gasteiger partial charge >= 0.3 is 5.97 Å². The second-order valence-corrected chi connectivity index (χ2v) is 8.03. The number of benzene rings is 3. The fourth-order valence-corrected chi connectivity index (χ4v) is 3.60. The summed E-state index contributed by atoms with van der Waals surface area (Å²) >= 11 is 0. The van der Waals surface area contributed by atoms with Crippen LogP contribution < -0.4 is 10.1 Å². The summed E-state index contributed by atoms with van der Waals surface area (Å²) in [5.74, 6) is -0.139. The number of rotatable bonds is 8. The average molecular weight is 470 g/mol. The van der Waals surface area contributed by atoms with E-state index in [0.717, 1.165) is 16.8 Å². The molecule has 178 valence electrons. The summed E-state index contributed by atoms with van der Waals surface area (Å²) in [6.07, 6.45) is -0.686. The summed E-state index contributed by atoms with van der Waals surface area (Å²) in [6.45, 7) is 5.71. The van der Waals surface area contributed by atoms with Gasteiger partial charge in [-0.15, -0.1) is 0 Å². The molecule has 0 unspecified atom stereocenters. The highest BCUT2D eigenvalue weighted by Gasteiger charge is 2.19. The second-order valence-electron chi connectivity index (χ2n) is 8.03. The van der Waals surface area contributed by atoms with Crippen LogP contribution in [0.3, 0.4) is 0 Å². The molecule has 1 heterocycles. The maximum atomic E-state index is 12.7. The lowest BCUT2D eigenvalue weighted by molar-refractivity contribution is -0.122. The molecular formula is C28H27N3O4. The average Bonchev–Trinajstić information content (AvgIpc) is 3.31. The van der Waals surface area contributed by atoms with Crippen LogP contribution in [0.5, 0.6) is 5.75 Å². The van der Waals surface area contributed by atoms with Crippen LogP contribution in [-0.4, -0.2) is 34.4 Å². The lowest BCUT2D eigenvalue weighted by Crippen LogP contribution is -2.30. The van der Waals surface area contributed by atoms with Gasteiger partial charge in [0, 0.05) is 11.3 Å². The fraction of sp³-hybridized carbons (Fsp3) is 0.179. The van der Waals surface area contributed by atoms with Crippen molar-refractivity contribution < 1.29 is 19.1 Å². The number of carbonyl (C=O) groups excluding carboxylic acids is 2. The minimum absolute atomic E-state index is 0.211. The molecule has 0 aliphatic heterocycles. The summed E-state index contributed by atoms with van der Waals surface area (Å²) in [4.78, 5) is 25.1. The van der Waals surface area contributed by atoms with Crippen LogP contribution in [0.2, 0.25) is 0 Å². The zero-order valence-corrected chi connectivity index (χ0v) is 19.9. The molecule has 0 bridgehead atoms. The van der Waals surface area contributed by atoms with Crippen LogP contribution in [0.15, 0.2) is 84.9 Å². The van der Waals surface area contributed by atoms with Crippen molar-refractivity contribution in [2.45, 2.75) is 26.9 Å². The molecule has 0 saturated heterocycles. The zero-order valence-electron chi connectivity index (χ0n) is 19.9. The van der Waals surface area contributed by atoms with E-state index in [-0.39, 0.29) is 18.2 Å². The number of amides is 1. The van der Waals surface area contributed by atoms with Crippen molar-refractivity contribution in [1.29, 1.82) is 0 Å². The van der Waals surface area contributed by atoms with Gasteiger partial charge < -0.3 is 14.8 Å². The van der Waals surface area contributed by atoms with Crippen LogP contribution in [0, 0.1) is 6.92 Å². The Morgan fingerprint density at radius 2 is 1.74 bits per heavy atom. The largest absolute Gasteiger partial charge is 0.481 e. The van der Waals surface area contributed by atoms with E-state index < -0.39 is 12.1 Å². The van der Waals surface area contributed by atoms with Gasteiger partial charge in [-0.3, -0.25) is 4.79 Å². The number of anilines is 1. The minimum atomic E-state index is -0.686. The van der Waals surface area contributed by atoms with Gasteiger partial charge in [0.1, 0.15) is 5.75 Å². The molecule has 4 rings (SSSR count). The Hall–Kier alpha value is -4.39. The molecule has 0 aliphatic carbocycles. The highest BCUT2D eigenvalue weighted by Crippen LogP contribution is 2.27. The van der Waals surface area contributed by atoms with Gasteiger partial charge in [-0.25, -0.2) is 9.48 Å². The summed E-state index contributed by atoms with van der Waals surface area (Å²) in [5, 5.41) is 7.42. The Morgan fingerprint density at radius 3 is 2.49 bits per heavy atom. The second kappa shape index (κ2) is 10.7. The first-order chi connectivity index (χ1) is 16.9. The SMILES string of the molecule is CCOC(=O)c1cc(-c2cccc(NC(=O)[C@H](C)Oc3ccccc3)c2)n(-c2cccc(C)c2)n1. The molecule has 4 aromatic rings. The summed E-state index contributed by atoms with van der Waals surface area (Å²) in [7, 11) is 0. The smallest absolute Gasteiger partial charge is 0.358 e. The number of nitrogens with one attached hydrogen (secondary N) is 1. The molecule has 1 N–H and O–H groups in total. The number of ether oxygens (including phenoxy) is 2. The molecule has 7 heteroatoms. The molecule has 1 aromatic heterocycles. The third-order valence-corrected chi connectivity index (χ3v) is 5.29. The van der Waals surface area contributed by atoms with Crippen molar-refractivity contribution >= 4 is 17.6 Å². The molecular weight excluding hydrogens is 442 g/mol. The maximum Gasteiger partial charge on any atom is 0.358 e. The third kappa shape index (κ3) is 5.76. The Morgan fingerprint density at radius 1 is 0.971 bits per heavy atom. The van der Waals surface area contributed by atoms with E-state index in [9.17, 15) is 9.59 Å². The topological polar surface area (TPSA) is 82.5 Å². The van der Waals surface area contributed by atoms with E-state index in [1.54, 1.807) is 42.8 Å². The van der Waals surface area contributed by atoms with Crippen molar-refractivity contribution in [1.82, 2.24) is 9.78 Å². The fourth-order valence-electron chi connectivity index (χ4n) is 3.60. The van der Waals surface area contributed by atoms with E-state index in [0.29, 0.717) is 17.1 Å². The lowest BCUT2D eigenvalue weighted by Gasteiger charge is -2.15. The Bertz CT molecular complexity index is 1330. The Labute approximate surface area is 204 Å². The van der Waals surface area contributed by atoms with Crippen LogP contribution in [0.25, 0.3) is 16.9 Å². The predicted octanol–water partition coefficient (Wildman–Crippen LogP) is 5.43. The van der Waals surface area contributed by atoms with E-state index in [4.69, 9.17) is 9.47 Å². The molecule has 0 spiro atoms.